The van der Waals surface area contributed by atoms with E-state index in [1.54, 1.807) is 12.1 Å². The fourth-order valence-electron chi connectivity index (χ4n) is 2.35. The fourth-order valence-corrected chi connectivity index (χ4v) is 3.28. The zero-order valence-corrected chi connectivity index (χ0v) is 10.8. The number of hydrogen-bond acceptors (Lipinski definition) is 3. The van der Waals surface area contributed by atoms with Gasteiger partial charge in [0.25, 0.3) is 0 Å². The molecular weight excluding hydrogens is 247 g/mol. The second-order valence-electron chi connectivity index (χ2n) is 4.58. The maximum Gasteiger partial charge on any atom is 0.133 e. The molecule has 2 aromatic rings. The normalized spacial score (nSPS) is 16.9. The Balaban J connectivity index is 1.87. The topological polar surface area (TPSA) is 24.9 Å². The van der Waals surface area contributed by atoms with E-state index in [1.165, 1.54) is 17.4 Å². The smallest absolute Gasteiger partial charge is 0.133 e. The van der Waals surface area contributed by atoms with Crippen LogP contribution in [0.25, 0.3) is 10.6 Å². The average molecular weight is 262 g/mol. The molecule has 1 aliphatic heterocycles. The van der Waals surface area contributed by atoms with Gasteiger partial charge in [0.2, 0.25) is 0 Å². The van der Waals surface area contributed by atoms with E-state index >= 15 is 0 Å². The molecule has 0 amide bonds. The third-order valence-corrected chi connectivity index (χ3v) is 4.28. The lowest BCUT2D eigenvalue weighted by molar-refractivity contribution is 0.455. The van der Waals surface area contributed by atoms with E-state index in [1.807, 2.05) is 6.07 Å². The zero-order valence-electron chi connectivity index (χ0n) is 10.0. The summed E-state index contributed by atoms with van der Waals surface area (Å²) in [7, 11) is 0. The standard InChI is InChI=1S/C14H15FN2S/c15-12-4-2-1-3-11(12)14-17-13(9-18-14)10-5-7-16-8-6-10/h1-4,9-10,16H,5-8H2. The molecule has 94 valence electrons. The number of benzene rings is 1. The maximum absolute atomic E-state index is 13.7. The first-order valence-electron chi connectivity index (χ1n) is 6.25. The molecule has 0 atom stereocenters. The number of rotatable bonds is 2. The SMILES string of the molecule is Fc1ccccc1-c1nc(C2CCNCC2)cs1. The number of aromatic nitrogens is 1. The van der Waals surface area contributed by atoms with Gasteiger partial charge in [-0.05, 0) is 38.1 Å². The first-order valence-corrected chi connectivity index (χ1v) is 7.13. The van der Waals surface area contributed by atoms with Gasteiger partial charge in [-0.15, -0.1) is 11.3 Å². The Hall–Kier alpha value is -1.26. The molecule has 0 aliphatic carbocycles. The van der Waals surface area contributed by atoms with Crippen LogP contribution in [0.3, 0.4) is 0 Å². The molecule has 1 aromatic heterocycles. The molecule has 1 aromatic carbocycles. The van der Waals surface area contributed by atoms with Crippen LogP contribution in [0.4, 0.5) is 4.39 Å². The first-order chi connectivity index (χ1) is 8.84. The molecule has 4 heteroatoms. The molecule has 18 heavy (non-hydrogen) atoms. The third-order valence-electron chi connectivity index (χ3n) is 3.38. The molecule has 3 rings (SSSR count). The minimum atomic E-state index is -0.191. The third kappa shape index (κ3) is 2.31. The van der Waals surface area contributed by atoms with Gasteiger partial charge in [-0.2, -0.15) is 0 Å². The van der Waals surface area contributed by atoms with Gasteiger partial charge in [-0.1, -0.05) is 12.1 Å². The molecular formula is C14H15FN2S. The van der Waals surface area contributed by atoms with Gasteiger partial charge in [-0.25, -0.2) is 9.37 Å². The van der Waals surface area contributed by atoms with Gasteiger partial charge < -0.3 is 5.32 Å². The summed E-state index contributed by atoms with van der Waals surface area (Å²) < 4.78 is 13.7. The second-order valence-corrected chi connectivity index (χ2v) is 5.44. The lowest BCUT2D eigenvalue weighted by Gasteiger charge is -2.20. The van der Waals surface area contributed by atoms with Crippen molar-refractivity contribution >= 4 is 11.3 Å². The Morgan fingerprint density at radius 1 is 1.22 bits per heavy atom. The predicted molar refractivity (Wildman–Crippen MR) is 72.4 cm³/mol. The minimum absolute atomic E-state index is 0.191. The first kappa shape index (κ1) is 11.8. The highest BCUT2D eigenvalue weighted by atomic mass is 32.1. The molecule has 1 aliphatic rings. The monoisotopic (exact) mass is 262 g/mol. The van der Waals surface area contributed by atoms with E-state index in [0.717, 1.165) is 36.6 Å². The Labute approximate surface area is 110 Å². The van der Waals surface area contributed by atoms with Crippen LogP contribution in [-0.4, -0.2) is 18.1 Å². The summed E-state index contributed by atoms with van der Waals surface area (Å²) in [4.78, 5) is 4.62. The molecule has 2 heterocycles. The van der Waals surface area contributed by atoms with Crippen LogP contribution in [0.1, 0.15) is 24.5 Å². The van der Waals surface area contributed by atoms with Crippen LogP contribution in [-0.2, 0) is 0 Å². The molecule has 0 spiro atoms. The van der Waals surface area contributed by atoms with Gasteiger partial charge in [-0.3, -0.25) is 0 Å². The van der Waals surface area contributed by atoms with Gasteiger partial charge in [0.15, 0.2) is 0 Å². The number of piperidine rings is 1. The highest BCUT2D eigenvalue weighted by molar-refractivity contribution is 7.13. The van der Waals surface area contributed by atoms with Crippen molar-refractivity contribution in [2.24, 2.45) is 0 Å². The van der Waals surface area contributed by atoms with E-state index in [0.29, 0.717) is 11.5 Å². The number of nitrogens with zero attached hydrogens (tertiary/aromatic N) is 1. The molecule has 2 nitrogen and oxygen atoms in total. The lowest BCUT2D eigenvalue weighted by Crippen LogP contribution is -2.26. The highest BCUT2D eigenvalue weighted by Crippen LogP contribution is 2.31. The molecule has 1 saturated heterocycles. The Kier molecular flexibility index (Phi) is 3.39. The van der Waals surface area contributed by atoms with Gasteiger partial charge >= 0.3 is 0 Å². The summed E-state index contributed by atoms with van der Waals surface area (Å²) in [5.41, 5.74) is 1.74. The fraction of sp³-hybridized carbons (Fsp3) is 0.357. The van der Waals surface area contributed by atoms with Gasteiger partial charge in [0, 0.05) is 16.9 Å². The van der Waals surface area contributed by atoms with Crippen LogP contribution < -0.4 is 5.32 Å². The van der Waals surface area contributed by atoms with Crippen molar-refractivity contribution in [3.05, 3.63) is 41.2 Å². The quantitative estimate of drug-likeness (QED) is 0.897. The van der Waals surface area contributed by atoms with Crippen LogP contribution >= 0.6 is 11.3 Å². The Morgan fingerprint density at radius 3 is 2.78 bits per heavy atom. The van der Waals surface area contributed by atoms with Crippen molar-refractivity contribution in [1.29, 1.82) is 0 Å². The number of hydrogen-bond donors (Lipinski definition) is 1. The van der Waals surface area contributed by atoms with Crippen molar-refractivity contribution in [1.82, 2.24) is 10.3 Å². The van der Waals surface area contributed by atoms with E-state index in [-0.39, 0.29) is 5.82 Å². The predicted octanol–water partition coefficient (Wildman–Crippen LogP) is 3.42. The molecule has 0 bridgehead atoms. The van der Waals surface area contributed by atoms with Gasteiger partial charge in [0.05, 0.1) is 5.69 Å². The Morgan fingerprint density at radius 2 is 2.00 bits per heavy atom. The lowest BCUT2D eigenvalue weighted by atomic mass is 9.95. The summed E-state index contributed by atoms with van der Waals surface area (Å²) in [6.45, 7) is 2.11. The Bertz CT molecular complexity index is 532. The average Bonchev–Trinajstić information content (AvgIpc) is 2.90. The van der Waals surface area contributed by atoms with Crippen molar-refractivity contribution in [3.63, 3.8) is 0 Å². The minimum Gasteiger partial charge on any atom is -0.317 e. The van der Waals surface area contributed by atoms with Crippen LogP contribution in [0.15, 0.2) is 29.6 Å². The van der Waals surface area contributed by atoms with Crippen molar-refractivity contribution < 1.29 is 4.39 Å². The van der Waals surface area contributed by atoms with Crippen LogP contribution in [0, 0.1) is 5.82 Å². The van der Waals surface area contributed by atoms with E-state index in [4.69, 9.17) is 0 Å². The molecule has 0 radical (unpaired) electrons. The van der Waals surface area contributed by atoms with Crippen molar-refractivity contribution in [3.8, 4) is 10.6 Å². The van der Waals surface area contributed by atoms with Gasteiger partial charge in [0.1, 0.15) is 10.8 Å². The second kappa shape index (κ2) is 5.16. The van der Waals surface area contributed by atoms with Crippen molar-refractivity contribution in [2.75, 3.05) is 13.1 Å². The summed E-state index contributed by atoms with van der Waals surface area (Å²) in [6.07, 6.45) is 2.25. The van der Waals surface area contributed by atoms with E-state index in [2.05, 4.69) is 15.7 Å². The van der Waals surface area contributed by atoms with E-state index in [9.17, 15) is 4.39 Å². The number of halogens is 1. The van der Waals surface area contributed by atoms with Crippen molar-refractivity contribution in [2.45, 2.75) is 18.8 Å². The summed E-state index contributed by atoms with van der Waals surface area (Å²) in [5, 5.41) is 6.22. The zero-order chi connectivity index (χ0) is 12.4. The summed E-state index contributed by atoms with van der Waals surface area (Å²) in [5.74, 6) is 0.340. The number of nitrogens with one attached hydrogen (secondary N) is 1. The molecule has 1 fully saturated rings. The summed E-state index contributed by atoms with van der Waals surface area (Å²) in [6, 6.07) is 6.84. The van der Waals surface area contributed by atoms with Crippen LogP contribution in [0.5, 0.6) is 0 Å². The molecule has 1 N–H and O–H groups in total. The summed E-state index contributed by atoms with van der Waals surface area (Å²) >= 11 is 1.54. The maximum atomic E-state index is 13.7. The molecule has 0 saturated carbocycles. The largest absolute Gasteiger partial charge is 0.317 e. The van der Waals surface area contributed by atoms with E-state index < -0.39 is 0 Å². The highest BCUT2D eigenvalue weighted by Gasteiger charge is 2.18. The molecule has 0 unspecified atom stereocenters. The number of thiazole rings is 1. The van der Waals surface area contributed by atoms with Crippen LogP contribution in [0.2, 0.25) is 0 Å².